The molecule has 2 heterocycles. The standard InChI is InChI=1S/C13H24N4O3S/c1-9(2)14-8-12-13(10(3)15-16-12)21(18,19)17-11-4-6-20-7-5-11/h9,11,14,17H,4-8H2,1-3H3,(H,15,16). The Balaban J connectivity index is 2.16. The third-order valence-corrected chi connectivity index (χ3v) is 5.17. The second-order valence-electron chi connectivity index (χ2n) is 5.67. The summed E-state index contributed by atoms with van der Waals surface area (Å²) in [6.45, 7) is 7.36. The van der Waals surface area contributed by atoms with E-state index in [0.717, 1.165) is 0 Å². The molecular weight excluding hydrogens is 292 g/mol. The SMILES string of the molecule is Cc1[nH]nc(CNC(C)C)c1S(=O)(=O)NC1CCOCC1. The monoisotopic (exact) mass is 316 g/mol. The smallest absolute Gasteiger partial charge is 0.244 e. The van der Waals surface area contributed by atoms with E-state index in [1.54, 1.807) is 6.92 Å². The molecule has 120 valence electrons. The van der Waals surface area contributed by atoms with Crippen LogP contribution in [0.5, 0.6) is 0 Å². The normalized spacial score (nSPS) is 17.5. The maximum Gasteiger partial charge on any atom is 0.244 e. The number of aromatic nitrogens is 2. The first kappa shape index (κ1) is 16.4. The van der Waals surface area contributed by atoms with Crippen molar-refractivity contribution < 1.29 is 13.2 Å². The zero-order valence-electron chi connectivity index (χ0n) is 12.8. The van der Waals surface area contributed by atoms with Crippen molar-refractivity contribution in [3.05, 3.63) is 11.4 Å². The molecule has 1 fully saturated rings. The lowest BCUT2D eigenvalue weighted by Crippen LogP contribution is -2.39. The molecule has 0 saturated carbocycles. The summed E-state index contributed by atoms with van der Waals surface area (Å²) < 4.78 is 33.2. The Morgan fingerprint density at radius 3 is 2.67 bits per heavy atom. The summed E-state index contributed by atoms with van der Waals surface area (Å²) in [4.78, 5) is 0.266. The fourth-order valence-electron chi connectivity index (χ4n) is 2.34. The van der Waals surface area contributed by atoms with Gasteiger partial charge in [0, 0.05) is 31.8 Å². The molecule has 21 heavy (non-hydrogen) atoms. The zero-order chi connectivity index (χ0) is 15.5. The highest BCUT2D eigenvalue weighted by Crippen LogP contribution is 2.19. The summed E-state index contributed by atoms with van der Waals surface area (Å²) in [6, 6.07) is 0.199. The van der Waals surface area contributed by atoms with Crippen molar-refractivity contribution in [3.8, 4) is 0 Å². The molecule has 0 bridgehead atoms. The molecule has 8 heteroatoms. The lowest BCUT2D eigenvalue weighted by atomic mass is 10.1. The number of aryl methyl sites for hydroxylation is 1. The van der Waals surface area contributed by atoms with E-state index in [0.29, 0.717) is 44.0 Å². The molecule has 0 aliphatic carbocycles. The number of sulfonamides is 1. The maximum atomic E-state index is 12.6. The lowest BCUT2D eigenvalue weighted by Gasteiger charge is -2.23. The van der Waals surface area contributed by atoms with Crippen LogP contribution < -0.4 is 10.0 Å². The van der Waals surface area contributed by atoms with Crippen LogP contribution in [0.2, 0.25) is 0 Å². The Hall–Kier alpha value is -0.960. The van der Waals surface area contributed by atoms with Gasteiger partial charge in [-0.3, -0.25) is 5.10 Å². The molecule has 0 radical (unpaired) electrons. The van der Waals surface area contributed by atoms with Crippen molar-refractivity contribution in [1.29, 1.82) is 0 Å². The minimum atomic E-state index is -3.57. The van der Waals surface area contributed by atoms with Gasteiger partial charge >= 0.3 is 0 Å². The van der Waals surface area contributed by atoms with Gasteiger partial charge in [0.15, 0.2) is 0 Å². The zero-order valence-corrected chi connectivity index (χ0v) is 13.6. The molecule has 3 N–H and O–H groups in total. The predicted octanol–water partition coefficient (Wildman–Crippen LogP) is 0.673. The Bertz CT molecular complexity index is 562. The van der Waals surface area contributed by atoms with Crippen LogP contribution in [-0.2, 0) is 21.3 Å². The number of ether oxygens (including phenoxy) is 1. The Labute approximate surface area is 125 Å². The molecule has 7 nitrogen and oxygen atoms in total. The number of aromatic amines is 1. The van der Waals surface area contributed by atoms with E-state index < -0.39 is 10.0 Å². The number of hydrogen-bond acceptors (Lipinski definition) is 5. The van der Waals surface area contributed by atoms with Crippen molar-refractivity contribution in [2.24, 2.45) is 0 Å². The van der Waals surface area contributed by atoms with Gasteiger partial charge in [0.05, 0.1) is 11.4 Å². The summed E-state index contributed by atoms with van der Waals surface area (Å²) in [5.41, 5.74) is 1.09. The number of H-pyrrole nitrogens is 1. The highest BCUT2D eigenvalue weighted by Gasteiger charge is 2.27. The van der Waals surface area contributed by atoms with E-state index in [1.165, 1.54) is 0 Å². The quantitative estimate of drug-likeness (QED) is 0.717. The van der Waals surface area contributed by atoms with Crippen LogP contribution >= 0.6 is 0 Å². The number of rotatable bonds is 6. The van der Waals surface area contributed by atoms with Crippen molar-refractivity contribution in [1.82, 2.24) is 20.2 Å². The highest BCUT2D eigenvalue weighted by molar-refractivity contribution is 7.89. The molecule has 0 atom stereocenters. The molecule has 1 saturated heterocycles. The highest BCUT2D eigenvalue weighted by atomic mass is 32.2. The van der Waals surface area contributed by atoms with Gasteiger partial charge in [0.1, 0.15) is 4.90 Å². The topological polar surface area (TPSA) is 96.1 Å². The summed E-state index contributed by atoms with van der Waals surface area (Å²) in [5, 5.41) is 10.1. The van der Waals surface area contributed by atoms with Gasteiger partial charge in [0.25, 0.3) is 0 Å². The summed E-state index contributed by atoms with van der Waals surface area (Å²) in [6.07, 6.45) is 1.41. The molecule has 0 aromatic carbocycles. The molecule has 1 aromatic heterocycles. The van der Waals surface area contributed by atoms with Gasteiger partial charge in [-0.25, -0.2) is 13.1 Å². The Morgan fingerprint density at radius 2 is 2.05 bits per heavy atom. The first-order valence-corrected chi connectivity index (χ1v) is 8.75. The second kappa shape index (κ2) is 6.87. The molecule has 0 unspecified atom stereocenters. The average molecular weight is 316 g/mol. The van der Waals surface area contributed by atoms with Crippen molar-refractivity contribution in [2.45, 2.75) is 57.1 Å². The van der Waals surface area contributed by atoms with Crippen molar-refractivity contribution >= 4 is 10.0 Å². The van der Waals surface area contributed by atoms with Crippen LogP contribution in [0.3, 0.4) is 0 Å². The number of nitrogens with zero attached hydrogens (tertiary/aromatic N) is 1. The molecule has 0 amide bonds. The first-order chi connectivity index (χ1) is 9.90. The fraction of sp³-hybridized carbons (Fsp3) is 0.769. The van der Waals surface area contributed by atoms with E-state index in [9.17, 15) is 8.42 Å². The number of nitrogens with one attached hydrogen (secondary N) is 3. The molecular formula is C13H24N4O3S. The van der Waals surface area contributed by atoms with Crippen molar-refractivity contribution in [2.75, 3.05) is 13.2 Å². The van der Waals surface area contributed by atoms with Crippen LogP contribution in [0.25, 0.3) is 0 Å². The van der Waals surface area contributed by atoms with Gasteiger partial charge < -0.3 is 10.1 Å². The van der Waals surface area contributed by atoms with E-state index >= 15 is 0 Å². The van der Waals surface area contributed by atoms with Crippen LogP contribution in [0.4, 0.5) is 0 Å². The lowest BCUT2D eigenvalue weighted by molar-refractivity contribution is 0.0832. The van der Waals surface area contributed by atoms with Gasteiger partial charge in [0.2, 0.25) is 10.0 Å². The minimum absolute atomic E-state index is 0.0658. The third-order valence-electron chi connectivity index (χ3n) is 3.45. The molecule has 1 aliphatic heterocycles. The Kier molecular flexibility index (Phi) is 5.37. The summed E-state index contributed by atoms with van der Waals surface area (Å²) >= 11 is 0. The Morgan fingerprint density at radius 1 is 1.38 bits per heavy atom. The van der Waals surface area contributed by atoms with E-state index in [4.69, 9.17) is 4.74 Å². The second-order valence-corrected chi connectivity index (χ2v) is 7.32. The molecule has 1 aliphatic rings. The molecule has 1 aromatic rings. The van der Waals surface area contributed by atoms with E-state index in [1.807, 2.05) is 13.8 Å². The van der Waals surface area contributed by atoms with Gasteiger partial charge in [-0.1, -0.05) is 13.8 Å². The average Bonchev–Trinajstić information content (AvgIpc) is 2.79. The first-order valence-electron chi connectivity index (χ1n) is 7.27. The molecule has 2 rings (SSSR count). The third kappa shape index (κ3) is 4.26. The van der Waals surface area contributed by atoms with Gasteiger partial charge in [-0.05, 0) is 19.8 Å². The predicted molar refractivity (Wildman–Crippen MR) is 79.5 cm³/mol. The maximum absolute atomic E-state index is 12.6. The van der Waals surface area contributed by atoms with Gasteiger partial charge in [-0.15, -0.1) is 0 Å². The summed E-state index contributed by atoms with van der Waals surface area (Å²) in [5.74, 6) is 0. The van der Waals surface area contributed by atoms with Crippen LogP contribution in [0.15, 0.2) is 4.90 Å². The minimum Gasteiger partial charge on any atom is -0.381 e. The number of hydrogen-bond donors (Lipinski definition) is 3. The van der Waals surface area contributed by atoms with Crippen LogP contribution in [0, 0.1) is 6.92 Å². The van der Waals surface area contributed by atoms with Crippen LogP contribution in [0.1, 0.15) is 38.1 Å². The van der Waals surface area contributed by atoms with Gasteiger partial charge in [-0.2, -0.15) is 5.10 Å². The van der Waals surface area contributed by atoms with E-state index in [-0.39, 0.29) is 17.0 Å². The summed E-state index contributed by atoms with van der Waals surface area (Å²) in [7, 11) is -3.57. The molecule has 0 spiro atoms. The van der Waals surface area contributed by atoms with Crippen LogP contribution in [-0.4, -0.2) is 43.9 Å². The fourth-order valence-corrected chi connectivity index (χ4v) is 4.01. The van der Waals surface area contributed by atoms with E-state index in [2.05, 4.69) is 20.2 Å². The van der Waals surface area contributed by atoms with Crippen molar-refractivity contribution in [3.63, 3.8) is 0 Å². The largest absolute Gasteiger partial charge is 0.381 e.